The Morgan fingerprint density at radius 3 is 2.45 bits per heavy atom. The number of aliphatic hydroxyl groups excluding tert-OH is 1. The second-order valence-electron chi connectivity index (χ2n) is 9.16. The van der Waals surface area contributed by atoms with Gasteiger partial charge in [-0.05, 0) is 70.6 Å². The summed E-state index contributed by atoms with van der Waals surface area (Å²) in [6.07, 6.45) is 1.39. The summed E-state index contributed by atoms with van der Waals surface area (Å²) in [6.45, 7) is 12.8. The van der Waals surface area contributed by atoms with Crippen LogP contribution in [0.25, 0.3) is 10.9 Å². The molecule has 0 aliphatic carbocycles. The smallest absolute Gasteiger partial charge is 0.399 e. The first kappa shape index (κ1) is 20.5. The number of fused-ring (bicyclic) bond motifs is 1. The number of hydrogen-bond acceptors (Lipinski definition) is 6. The van der Waals surface area contributed by atoms with E-state index in [2.05, 4.69) is 4.98 Å². The Morgan fingerprint density at radius 2 is 1.83 bits per heavy atom. The minimum absolute atomic E-state index is 0.189. The van der Waals surface area contributed by atoms with Crippen LogP contribution in [0.2, 0.25) is 0 Å². The standard InChI is InChI=1S/C21H29BN2O5/c1-12-13(2)18-14(9-15(12)22-28-20(3,4)21(5,6)29-22)19(26)24(11-23-18)16-10-27-8-7-17(16)25/h9,11,16-17,25H,7-8,10H2,1-6H3. The summed E-state index contributed by atoms with van der Waals surface area (Å²) in [4.78, 5) is 17.9. The van der Waals surface area contributed by atoms with Crippen molar-refractivity contribution in [3.05, 3.63) is 33.9 Å². The molecule has 2 saturated heterocycles. The predicted octanol–water partition coefficient (Wildman–Crippen LogP) is 1.63. The molecule has 3 heterocycles. The predicted molar refractivity (Wildman–Crippen MR) is 112 cm³/mol. The summed E-state index contributed by atoms with van der Waals surface area (Å²) in [5.41, 5.74) is 2.31. The van der Waals surface area contributed by atoms with Crippen molar-refractivity contribution >= 4 is 23.5 Å². The van der Waals surface area contributed by atoms with Crippen molar-refractivity contribution in [2.75, 3.05) is 13.2 Å². The van der Waals surface area contributed by atoms with Crippen LogP contribution >= 0.6 is 0 Å². The van der Waals surface area contributed by atoms with Gasteiger partial charge in [-0.3, -0.25) is 9.36 Å². The molecule has 0 spiro atoms. The van der Waals surface area contributed by atoms with Gasteiger partial charge in [-0.2, -0.15) is 0 Å². The molecule has 156 valence electrons. The normalized spacial score (nSPS) is 26.2. The molecule has 2 atom stereocenters. The van der Waals surface area contributed by atoms with E-state index in [0.717, 1.165) is 16.6 Å². The van der Waals surface area contributed by atoms with Crippen molar-refractivity contribution in [3.8, 4) is 0 Å². The van der Waals surface area contributed by atoms with Crippen LogP contribution in [-0.4, -0.2) is 52.3 Å². The van der Waals surface area contributed by atoms with Crippen molar-refractivity contribution in [2.45, 2.75) is 71.3 Å². The van der Waals surface area contributed by atoms with Crippen molar-refractivity contribution in [2.24, 2.45) is 0 Å². The van der Waals surface area contributed by atoms with E-state index in [1.807, 2.05) is 47.6 Å². The first-order chi connectivity index (χ1) is 13.5. The number of nitrogens with zero attached hydrogens (tertiary/aromatic N) is 2. The van der Waals surface area contributed by atoms with Gasteiger partial charge in [0.15, 0.2) is 0 Å². The fourth-order valence-corrected chi connectivity index (χ4v) is 4.00. The highest BCUT2D eigenvalue weighted by Crippen LogP contribution is 2.37. The van der Waals surface area contributed by atoms with Crippen molar-refractivity contribution in [1.29, 1.82) is 0 Å². The Kier molecular flexibility index (Phi) is 4.89. The second-order valence-corrected chi connectivity index (χ2v) is 9.16. The lowest BCUT2D eigenvalue weighted by molar-refractivity contribution is -0.0303. The number of ether oxygens (including phenoxy) is 1. The zero-order valence-electron chi connectivity index (χ0n) is 18.0. The minimum Gasteiger partial charge on any atom is -0.399 e. The van der Waals surface area contributed by atoms with E-state index >= 15 is 0 Å². The first-order valence-electron chi connectivity index (χ1n) is 10.2. The van der Waals surface area contributed by atoms with Crippen LogP contribution in [-0.2, 0) is 14.0 Å². The van der Waals surface area contributed by atoms with Gasteiger partial charge in [0.1, 0.15) is 0 Å². The van der Waals surface area contributed by atoms with Gasteiger partial charge in [0.05, 0.1) is 47.2 Å². The molecular weight excluding hydrogens is 371 g/mol. The van der Waals surface area contributed by atoms with Gasteiger partial charge in [0.2, 0.25) is 0 Å². The SMILES string of the molecule is Cc1c(B2OC(C)(C)C(C)(C)O2)cc2c(=O)n(C3COCCC3O)cnc2c1C. The molecule has 1 N–H and O–H groups in total. The molecule has 4 rings (SSSR count). The van der Waals surface area contributed by atoms with Gasteiger partial charge < -0.3 is 19.2 Å². The zero-order valence-corrected chi connectivity index (χ0v) is 18.0. The van der Waals surface area contributed by atoms with Crippen LogP contribution < -0.4 is 11.0 Å². The van der Waals surface area contributed by atoms with E-state index < -0.39 is 30.5 Å². The van der Waals surface area contributed by atoms with Gasteiger partial charge in [-0.1, -0.05) is 0 Å². The Labute approximate surface area is 171 Å². The first-order valence-corrected chi connectivity index (χ1v) is 10.2. The lowest BCUT2D eigenvalue weighted by atomic mass is 9.74. The van der Waals surface area contributed by atoms with Gasteiger partial charge in [0, 0.05) is 6.61 Å². The van der Waals surface area contributed by atoms with Crippen molar-refractivity contribution in [1.82, 2.24) is 9.55 Å². The molecule has 0 bridgehead atoms. The third kappa shape index (κ3) is 3.22. The quantitative estimate of drug-likeness (QED) is 0.772. The average Bonchev–Trinajstić information content (AvgIpc) is 2.86. The summed E-state index contributed by atoms with van der Waals surface area (Å²) in [5, 5.41) is 10.9. The molecule has 29 heavy (non-hydrogen) atoms. The molecule has 2 fully saturated rings. The highest BCUT2D eigenvalue weighted by atomic mass is 16.7. The number of aromatic nitrogens is 2. The number of benzene rings is 1. The molecule has 2 unspecified atom stereocenters. The molecule has 0 amide bonds. The molecule has 1 aromatic heterocycles. The van der Waals surface area contributed by atoms with E-state index in [1.165, 1.54) is 10.9 Å². The average molecular weight is 400 g/mol. The van der Waals surface area contributed by atoms with E-state index in [-0.39, 0.29) is 5.56 Å². The molecule has 2 aromatic rings. The maximum absolute atomic E-state index is 13.3. The molecule has 8 heteroatoms. The Morgan fingerprint density at radius 1 is 1.17 bits per heavy atom. The van der Waals surface area contributed by atoms with E-state index in [9.17, 15) is 9.90 Å². The number of rotatable bonds is 2. The summed E-state index contributed by atoms with van der Waals surface area (Å²) >= 11 is 0. The van der Waals surface area contributed by atoms with Crippen LogP contribution in [0.15, 0.2) is 17.2 Å². The molecular formula is C21H29BN2O5. The molecule has 1 aromatic carbocycles. The molecule has 2 aliphatic heterocycles. The summed E-state index contributed by atoms with van der Waals surface area (Å²) in [5.74, 6) is 0. The van der Waals surface area contributed by atoms with Crippen molar-refractivity contribution < 1.29 is 19.2 Å². The number of aryl methyl sites for hydroxylation is 1. The van der Waals surface area contributed by atoms with Crippen LogP contribution in [0.3, 0.4) is 0 Å². The number of hydrogen-bond donors (Lipinski definition) is 1. The largest absolute Gasteiger partial charge is 0.495 e. The lowest BCUT2D eigenvalue weighted by Gasteiger charge is -2.32. The van der Waals surface area contributed by atoms with Crippen LogP contribution in [0.4, 0.5) is 0 Å². The molecule has 0 radical (unpaired) electrons. The van der Waals surface area contributed by atoms with E-state index in [4.69, 9.17) is 14.0 Å². The molecule has 2 aliphatic rings. The fraction of sp³-hybridized carbons (Fsp3) is 0.619. The summed E-state index contributed by atoms with van der Waals surface area (Å²) in [7, 11) is -0.556. The van der Waals surface area contributed by atoms with E-state index in [0.29, 0.717) is 30.5 Å². The Hall–Kier alpha value is -1.74. The zero-order chi connectivity index (χ0) is 21.1. The maximum Gasteiger partial charge on any atom is 0.495 e. The monoisotopic (exact) mass is 400 g/mol. The Bertz CT molecular complexity index is 1000. The van der Waals surface area contributed by atoms with Gasteiger partial charge in [-0.25, -0.2) is 4.98 Å². The minimum atomic E-state index is -0.630. The van der Waals surface area contributed by atoms with Gasteiger partial charge in [0.25, 0.3) is 5.56 Å². The fourth-order valence-electron chi connectivity index (χ4n) is 4.00. The number of aliphatic hydroxyl groups is 1. The lowest BCUT2D eigenvalue weighted by Crippen LogP contribution is -2.41. The second kappa shape index (κ2) is 6.91. The van der Waals surface area contributed by atoms with Crippen LogP contribution in [0.5, 0.6) is 0 Å². The third-order valence-electron chi connectivity index (χ3n) is 6.84. The van der Waals surface area contributed by atoms with Gasteiger partial charge >= 0.3 is 7.12 Å². The summed E-state index contributed by atoms with van der Waals surface area (Å²) < 4.78 is 19.4. The third-order valence-corrected chi connectivity index (χ3v) is 6.84. The van der Waals surface area contributed by atoms with Crippen LogP contribution in [0, 0.1) is 13.8 Å². The van der Waals surface area contributed by atoms with Crippen molar-refractivity contribution in [3.63, 3.8) is 0 Å². The van der Waals surface area contributed by atoms with Gasteiger partial charge in [-0.15, -0.1) is 0 Å². The van der Waals surface area contributed by atoms with Crippen LogP contribution in [0.1, 0.15) is 51.3 Å². The van der Waals surface area contributed by atoms with E-state index in [1.54, 1.807) is 0 Å². The molecule has 7 nitrogen and oxygen atoms in total. The topological polar surface area (TPSA) is 82.8 Å². The Balaban J connectivity index is 1.85. The summed E-state index contributed by atoms with van der Waals surface area (Å²) in [6, 6.07) is 1.40. The maximum atomic E-state index is 13.3. The highest BCUT2D eigenvalue weighted by molar-refractivity contribution is 6.63. The highest BCUT2D eigenvalue weighted by Gasteiger charge is 2.52. The molecule has 0 saturated carbocycles.